The Morgan fingerprint density at radius 3 is 2.72 bits per heavy atom. The van der Waals surface area contributed by atoms with Gasteiger partial charge < -0.3 is 18.9 Å². The predicted octanol–water partition coefficient (Wildman–Crippen LogP) is 3.47. The predicted molar refractivity (Wildman–Crippen MR) is 139 cm³/mol. The number of aryl methyl sites for hydroxylation is 1. The summed E-state index contributed by atoms with van der Waals surface area (Å²) in [5.74, 6) is 1.59. The zero-order valence-corrected chi connectivity index (χ0v) is 21.9. The standard InChI is InChI=1S/C27H34N6O3/c1-17-14-33(21-12-25(34)30(6)22-15-31(10-9-28)29-26(21)22)18(2)13-32(17)19(3)20-7-8-23-24(11-20)36-27(4,5)16-35-23/h7-8,11-12,15,17-19H,10,13-14,16H2,1-6H3/t17-,18-,19+/m1/s1. The van der Waals surface area contributed by atoms with Gasteiger partial charge in [0.25, 0.3) is 5.56 Å². The first kappa shape index (κ1) is 24.2. The summed E-state index contributed by atoms with van der Waals surface area (Å²) >= 11 is 0. The number of nitrogens with zero attached hydrogens (tertiary/aromatic N) is 6. The van der Waals surface area contributed by atoms with E-state index in [2.05, 4.69) is 53.9 Å². The third kappa shape index (κ3) is 4.20. The van der Waals surface area contributed by atoms with Crippen LogP contribution in [0.15, 0.2) is 35.3 Å². The lowest BCUT2D eigenvalue weighted by atomic mass is 9.99. The smallest absolute Gasteiger partial charge is 0.252 e. The van der Waals surface area contributed by atoms with Gasteiger partial charge in [0.15, 0.2) is 11.5 Å². The van der Waals surface area contributed by atoms with Gasteiger partial charge in [0.05, 0.1) is 23.5 Å². The summed E-state index contributed by atoms with van der Waals surface area (Å²) in [6.45, 7) is 13.0. The number of hydrogen-bond donors (Lipinski definition) is 0. The Labute approximate surface area is 211 Å². The Kier molecular flexibility index (Phi) is 5.95. The average Bonchev–Trinajstić information content (AvgIpc) is 3.25. The maximum atomic E-state index is 12.8. The van der Waals surface area contributed by atoms with Crippen molar-refractivity contribution in [3.05, 3.63) is 46.4 Å². The highest BCUT2D eigenvalue weighted by molar-refractivity contribution is 5.88. The minimum absolute atomic E-state index is 0.0798. The van der Waals surface area contributed by atoms with E-state index in [9.17, 15) is 4.79 Å². The van der Waals surface area contributed by atoms with E-state index in [0.717, 1.165) is 41.3 Å². The van der Waals surface area contributed by atoms with Crippen molar-refractivity contribution >= 4 is 16.7 Å². The molecule has 3 atom stereocenters. The third-order valence-corrected chi connectivity index (χ3v) is 7.42. The number of anilines is 1. The molecule has 190 valence electrons. The van der Waals surface area contributed by atoms with Gasteiger partial charge in [0.1, 0.15) is 24.3 Å². The molecule has 2 aliphatic heterocycles. The lowest BCUT2D eigenvalue weighted by molar-refractivity contribution is 0.0209. The number of rotatable bonds is 4. The summed E-state index contributed by atoms with van der Waals surface area (Å²) in [5, 5.41) is 13.8. The second kappa shape index (κ2) is 8.86. The number of benzene rings is 1. The van der Waals surface area contributed by atoms with Crippen molar-refractivity contribution in [1.29, 1.82) is 5.26 Å². The van der Waals surface area contributed by atoms with Gasteiger partial charge >= 0.3 is 0 Å². The van der Waals surface area contributed by atoms with Gasteiger partial charge in [0, 0.05) is 44.3 Å². The van der Waals surface area contributed by atoms with E-state index in [4.69, 9.17) is 14.7 Å². The van der Waals surface area contributed by atoms with Gasteiger partial charge in [-0.05, 0) is 52.3 Å². The Hall–Kier alpha value is -3.51. The molecule has 9 heteroatoms. The van der Waals surface area contributed by atoms with Crippen LogP contribution >= 0.6 is 0 Å². The van der Waals surface area contributed by atoms with Crippen LogP contribution in [-0.2, 0) is 13.6 Å². The molecular weight excluding hydrogens is 456 g/mol. The number of ether oxygens (including phenoxy) is 2. The van der Waals surface area contributed by atoms with E-state index in [1.807, 2.05) is 19.9 Å². The largest absolute Gasteiger partial charge is 0.486 e. The minimum Gasteiger partial charge on any atom is -0.486 e. The Balaban J connectivity index is 1.42. The molecule has 9 nitrogen and oxygen atoms in total. The third-order valence-electron chi connectivity index (χ3n) is 7.42. The molecule has 0 amide bonds. The maximum Gasteiger partial charge on any atom is 0.252 e. The van der Waals surface area contributed by atoms with Gasteiger partial charge in [0.2, 0.25) is 0 Å². The summed E-state index contributed by atoms with van der Waals surface area (Å²) in [6.07, 6.45) is 1.78. The highest BCUT2D eigenvalue weighted by Gasteiger charge is 2.35. The van der Waals surface area contributed by atoms with Gasteiger partial charge in [-0.2, -0.15) is 10.4 Å². The van der Waals surface area contributed by atoms with Crippen molar-refractivity contribution in [2.45, 2.75) is 64.9 Å². The number of fused-ring (bicyclic) bond motifs is 2. The number of hydrogen-bond acceptors (Lipinski definition) is 7. The maximum absolute atomic E-state index is 12.8. The van der Waals surface area contributed by atoms with E-state index in [-0.39, 0.29) is 35.8 Å². The van der Waals surface area contributed by atoms with Crippen LogP contribution in [0, 0.1) is 11.3 Å². The summed E-state index contributed by atoms with van der Waals surface area (Å²) in [4.78, 5) is 17.6. The van der Waals surface area contributed by atoms with E-state index in [1.54, 1.807) is 28.6 Å². The molecule has 0 aliphatic carbocycles. The second-order valence-corrected chi connectivity index (χ2v) is 10.7. The van der Waals surface area contributed by atoms with Crippen molar-refractivity contribution in [3.8, 4) is 17.6 Å². The fraction of sp³-hybridized carbons (Fsp3) is 0.519. The molecule has 0 bridgehead atoms. The first-order chi connectivity index (χ1) is 17.1. The molecule has 1 fully saturated rings. The minimum atomic E-state index is -0.347. The molecule has 1 saturated heterocycles. The molecular formula is C27H34N6O3. The van der Waals surface area contributed by atoms with E-state index >= 15 is 0 Å². The highest BCUT2D eigenvalue weighted by Crippen LogP contribution is 2.39. The molecule has 0 radical (unpaired) electrons. The molecule has 4 heterocycles. The highest BCUT2D eigenvalue weighted by atomic mass is 16.6. The first-order valence-corrected chi connectivity index (χ1v) is 12.5. The molecule has 36 heavy (non-hydrogen) atoms. The molecule has 0 saturated carbocycles. The van der Waals surface area contributed by atoms with Crippen LogP contribution in [0.3, 0.4) is 0 Å². The van der Waals surface area contributed by atoms with E-state index < -0.39 is 0 Å². The number of nitriles is 1. The summed E-state index contributed by atoms with van der Waals surface area (Å²) in [6, 6.07) is 10.6. The number of piperazine rings is 1. The molecule has 3 aromatic rings. The van der Waals surface area contributed by atoms with Gasteiger partial charge in [-0.25, -0.2) is 0 Å². The topological polar surface area (TPSA) is 88.5 Å². The van der Waals surface area contributed by atoms with Crippen LogP contribution in [0.5, 0.6) is 11.5 Å². The second-order valence-electron chi connectivity index (χ2n) is 10.7. The van der Waals surface area contributed by atoms with E-state index in [0.29, 0.717) is 6.61 Å². The van der Waals surface area contributed by atoms with Crippen LogP contribution in [0.4, 0.5) is 5.69 Å². The summed E-state index contributed by atoms with van der Waals surface area (Å²) in [5.41, 5.74) is 3.08. The Morgan fingerprint density at radius 1 is 1.19 bits per heavy atom. The zero-order valence-electron chi connectivity index (χ0n) is 21.9. The SMILES string of the molecule is C[C@@H]1CN([C@@H](C)c2ccc3c(c2)OC(C)(C)CO3)[C@H](C)CN1c1cc(=O)n(C)c2cn(CC#N)nc12. The van der Waals surface area contributed by atoms with Crippen molar-refractivity contribution in [2.24, 2.45) is 7.05 Å². The lowest BCUT2D eigenvalue weighted by Crippen LogP contribution is -2.57. The quantitative estimate of drug-likeness (QED) is 0.553. The van der Waals surface area contributed by atoms with Crippen LogP contribution < -0.4 is 19.9 Å². The van der Waals surface area contributed by atoms with Crippen LogP contribution in [0.25, 0.3) is 11.0 Å². The molecule has 1 aromatic carbocycles. The Bertz CT molecular complexity index is 1400. The summed E-state index contributed by atoms with van der Waals surface area (Å²) < 4.78 is 15.3. The Morgan fingerprint density at radius 2 is 1.97 bits per heavy atom. The molecule has 2 aliphatic rings. The molecule has 0 unspecified atom stereocenters. The summed E-state index contributed by atoms with van der Waals surface area (Å²) in [7, 11) is 1.74. The van der Waals surface area contributed by atoms with Crippen LogP contribution in [0.2, 0.25) is 0 Å². The zero-order chi connectivity index (χ0) is 25.8. The normalized spacial score (nSPS) is 22.4. The van der Waals surface area contributed by atoms with Gasteiger partial charge in [-0.3, -0.25) is 14.4 Å². The number of aromatic nitrogens is 3. The fourth-order valence-electron chi connectivity index (χ4n) is 5.39. The van der Waals surface area contributed by atoms with Gasteiger partial charge in [-0.1, -0.05) is 6.07 Å². The number of pyridine rings is 1. The van der Waals surface area contributed by atoms with Crippen LogP contribution in [0.1, 0.15) is 46.2 Å². The van der Waals surface area contributed by atoms with Crippen molar-refractivity contribution < 1.29 is 9.47 Å². The van der Waals surface area contributed by atoms with Crippen molar-refractivity contribution in [3.63, 3.8) is 0 Å². The van der Waals surface area contributed by atoms with Crippen molar-refractivity contribution in [1.82, 2.24) is 19.2 Å². The van der Waals surface area contributed by atoms with Crippen LogP contribution in [-0.4, -0.2) is 56.6 Å². The fourth-order valence-corrected chi connectivity index (χ4v) is 5.39. The molecule has 0 N–H and O–H groups in total. The average molecular weight is 491 g/mol. The van der Waals surface area contributed by atoms with E-state index in [1.165, 1.54) is 5.56 Å². The van der Waals surface area contributed by atoms with Crippen molar-refractivity contribution in [2.75, 3.05) is 24.6 Å². The first-order valence-electron chi connectivity index (χ1n) is 12.5. The van der Waals surface area contributed by atoms with Gasteiger partial charge in [-0.15, -0.1) is 0 Å². The lowest BCUT2D eigenvalue weighted by Gasteiger charge is -2.47. The monoisotopic (exact) mass is 490 g/mol. The molecule has 0 spiro atoms. The molecule has 5 rings (SSSR count). The molecule has 2 aromatic heterocycles.